The summed E-state index contributed by atoms with van der Waals surface area (Å²) in [5, 5.41) is 1.44. The molecular weight excluding hydrogens is 424 g/mol. The number of hydrogen-bond donors (Lipinski definition) is 1. The third-order valence-corrected chi connectivity index (χ3v) is 6.20. The highest BCUT2D eigenvalue weighted by molar-refractivity contribution is 7.99. The Morgan fingerprint density at radius 2 is 1.97 bits per heavy atom. The van der Waals surface area contributed by atoms with Gasteiger partial charge in [-0.05, 0) is 61.5 Å². The van der Waals surface area contributed by atoms with Gasteiger partial charge in [-0.15, -0.1) is 0 Å². The van der Waals surface area contributed by atoms with E-state index >= 15 is 0 Å². The van der Waals surface area contributed by atoms with Crippen LogP contribution < -0.4 is 5.56 Å². The normalized spacial score (nSPS) is 16.8. The quantitative estimate of drug-likeness (QED) is 0.447. The maximum Gasteiger partial charge on any atom is 0.251 e. The van der Waals surface area contributed by atoms with Gasteiger partial charge in [0.15, 0.2) is 10.2 Å². The van der Waals surface area contributed by atoms with Crippen molar-refractivity contribution in [3.05, 3.63) is 83.0 Å². The van der Waals surface area contributed by atoms with Crippen molar-refractivity contribution in [2.75, 3.05) is 13.1 Å². The van der Waals surface area contributed by atoms with Crippen LogP contribution >= 0.6 is 11.8 Å². The Morgan fingerprint density at radius 3 is 2.81 bits per heavy atom. The van der Waals surface area contributed by atoms with Crippen molar-refractivity contribution in [1.82, 2.24) is 29.8 Å². The number of aromatic amines is 1. The molecule has 0 unspecified atom stereocenters. The number of piperidine rings is 1. The molecule has 1 fully saturated rings. The molecule has 0 aromatic carbocycles. The van der Waals surface area contributed by atoms with Crippen molar-refractivity contribution < 1.29 is 4.42 Å². The summed E-state index contributed by atoms with van der Waals surface area (Å²) in [4.78, 5) is 34.7. The maximum atomic E-state index is 12.3. The molecule has 1 atom stereocenters. The molecule has 5 heterocycles. The third-order valence-electron chi connectivity index (χ3n) is 5.39. The molecule has 1 aliphatic heterocycles. The van der Waals surface area contributed by atoms with Crippen LogP contribution in [0.15, 0.2) is 80.6 Å². The molecule has 0 bridgehead atoms. The lowest BCUT2D eigenvalue weighted by Crippen LogP contribution is -2.34. The fraction of sp³-hybridized carbons (Fsp3) is 0.261. The average Bonchev–Trinajstić information content (AvgIpc) is 3.26. The second kappa shape index (κ2) is 9.46. The van der Waals surface area contributed by atoms with E-state index in [1.54, 1.807) is 36.9 Å². The first kappa shape index (κ1) is 20.6. The summed E-state index contributed by atoms with van der Waals surface area (Å²) in [5.74, 6) is 1.69. The van der Waals surface area contributed by atoms with E-state index in [9.17, 15) is 4.79 Å². The number of aromatic nitrogens is 5. The molecule has 0 amide bonds. The highest BCUT2D eigenvalue weighted by Crippen LogP contribution is 2.29. The molecule has 8 nitrogen and oxygen atoms in total. The zero-order valence-electron chi connectivity index (χ0n) is 17.3. The van der Waals surface area contributed by atoms with Gasteiger partial charge in [0.25, 0.3) is 5.56 Å². The van der Waals surface area contributed by atoms with Gasteiger partial charge in [0.2, 0.25) is 0 Å². The van der Waals surface area contributed by atoms with Gasteiger partial charge in [-0.3, -0.25) is 14.7 Å². The largest absolute Gasteiger partial charge is 0.453 e. The minimum absolute atomic E-state index is 0.130. The van der Waals surface area contributed by atoms with Crippen LogP contribution in [0.3, 0.4) is 0 Å². The van der Waals surface area contributed by atoms with Crippen LogP contribution in [0.4, 0.5) is 0 Å². The first-order valence-electron chi connectivity index (χ1n) is 10.5. The number of pyridine rings is 1. The highest BCUT2D eigenvalue weighted by Gasteiger charge is 2.24. The summed E-state index contributed by atoms with van der Waals surface area (Å²) in [6, 6.07) is 11.1. The standard InChI is InChI=1S/C23H22N6O2S/c30-20-13-19(27-22(28-20)16-6-10-24-11-7-16)17-3-1-12-29(14-17)15-18-4-5-21(31-18)32-23-25-8-2-9-26-23/h2,4-11,13,17H,1,3,12,14-15H2,(H,27,28,30)/t17-/m1/s1. The fourth-order valence-electron chi connectivity index (χ4n) is 3.92. The fourth-order valence-corrected chi connectivity index (χ4v) is 4.61. The van der Waals surface area contributed by atoms with Gasteiger partial charge in [-0.25, -0.2) is 15.0 Å². The van der Waals surface area contributed by atoms with Crippen LogP contribution in [-0.4, -0.2) is 42.9 Å². The van der Waals surface area contributed by atoms with E-state index < -0.39 is 0 Å². The predicted octanol–water partition coefficient (Wildman–Crippen LogP) is 3.75. The molecule has 5 rings (SSSR count). The molecule has 162 valence electrons. The van der Waals surface area contributed by atoms with E-state index in [0.717, 1.165) is 48.0 Å². The summed E-state index contributed by atoms with van der Waals surface area (Å²) in [7, 11) is 0. The van der Waals surface area contributed by atoms with E-state index in [4.69, 9.17) is 9.40 Å². The van der Waals surface area contributed by atoms with E-state index in [-0.39, 0.29) is 11.5 Å². The van der Waals surface area contributed by atoms with Crippen molar-refractivity contribution >= 4 is 11.8 Å². The summed E-state index contributed by atoms with van der Waals surface area (Å²) >= 11 is 1.41. The third kappa shape index (κ3) is 4.95. The second-order valence-corrected chi connectivity index (χ2v) is 8.65. The minimum atomic E-state index is -0.130. The van der Waals surface area contributed by atoms with Crippen LogP contribution in [0, 0.1) is 0 Å². The Labute approximate surface area is 189 Å². The van der Waals surface area contributed by atoms with Crippen LogP contribution in [0.1, 0.15) is 30.2 Å². The van der Waals surface area contributed by atoms with E-state index in [1.807, 2.05) is 24.3 Å². The Kier molecular flexibility index (Phi) is 6.09. The smallest absolute Gasteiger partial charge is 0.251 e. The number of furan rings is 1. The van der Waals surface area contributed by atoms with Crippen LogP contribution in [-0.2, 0) is 6.54 Å². The molecule has 4 aromatic rings. The van der Waals surface area contributed by atoms with Gasteiger partial charge in [0, 0.05) is 48.9 Å². The van der Waals surface area contributed by atoms with Gasteiger partial charge < -0.3 is 9.40 Å². The van der Waals surface area contributed by atoms with Crippen LogP contribution in [0.5, 0.6) is 0 Å². The van der Waals surface area contributed by atoms with Gasteiger partial charge in [-0.2, -0.15) is 0 Å². The van der Waals surface area contributed by atoms with Gasteiger partial charge in [0.05, 0.1) is 12.2 Å². The molecule has 32 heavy (non-hydrogen) atoms. The lowest BCUT2D eigenvalue weighted by molar-refractivity contribution is 0.182. The SMILES string of the molecule is O=c1cc([C@@H]2CCCN(Cc3ccc(Sc4ncccn4)o3)C2)nc(-c2ccncc2)[nH]1. The molecule has 0 radical (unpaired) electrons. The zero-order valence-corrected chi connectivity index (χ0v) is 18.2. The number of hydrogen-bond acceptors (Lipinski definition) is 8. The van der Waals surface area contributed by atoms with Crippen molar-refractivity contribution in [1.29, 1.82) is 0 Å². The second-order valence-electron chi connectivity index (χ2n) is 7.68. The summed E-state index contributed by atoms with van der Waals surface area (Å²) in [6.45, 7) is 2.53. The predicted molar refractivity (Wildman–Crippen MR) is 120 cm³/mol. The first-order valence-corrected chi connectivity index (χ1v) is 11.3. The lowest BCUT2D eigenvalue weighted by Gasteiger charge is -2.31. The first-order chi connectivity index (χ1) is 15.7. The number of rotatable bonds is 6. The summed E-state index contributed by atoms with van der Waals surface area (Å²) in [5.41, 5.74) is 1.56. The summed E-state index contributed by atoms with van der Waals surface area (Å²) < 4.78 is 5.99. The van der Waals surface area contributed by atoms with Crippen molar-refractivity contribution in [2.24, 2.45) is 0 Å². The molecule has 1 aliphatic rings. The van der Waals surface area contributed by atoms with Gasteiger partial charge >= 0.3 is 0 Å². The molecule has 1 saturated heterocycles. The van der Waals surface area contributed by atoms with E-state index in [1.165, 1.54) is 11.8 Å². The van der Waals surface area contributed by atoms with E-state index in [0.29, 0.717) is 17.5 Å². The number of H-pyrrole nitrogens is 1. The van der Waals surface area contributed by atoms with Crippen molar-refractivity contribution in [3.63, 3.8) is 0 Å². The molecule has 0 aliphatic carbocycles. The number of likely N-dealkylation sites (tertiary alicyclic amines) is 1. The molecule has 0 saturated carbocycles. The highest BCUT2D eigenvalue weighted by atomic mass is 32.2. The number of nitrogens with one attached hydrogen (secondary N) is 1. The van der Waals surface area contributed by atoms with Crippen molar-refractivity contribution in [2.45, 2.75) is 35.6 Å². The molecule has 4 aromatic heterocycles. The number of nitrogens with zero attached hydrogens (tertiary/aromatic N) is 5. The van der Waals surface area contributed by atoms with Gasteiger partial charge in [0.1, 0.15) is 11.6 Å². The average molecular weight is 447 g/mol. The Bertz CT molecular complexity index is 1230. The molecule has 9 heteroatoms. The van der Waals surface area contributed by atoms with Crippen LogP contribution in [0.2, 0.25) is 0 Å². The van der Waals surface area contributed by atoms with Crippen LogP contribution in [0.25, 0.3) is 11.4 Å². The lowest BCUT2D eigenvalue weighted by atomic mass is 9.94. The Hall–Kier alpha value is -3.30. The maximum absolute atomic E-state index is 12.3. The molecule has 0 spiro atoms. The van der Waals surface area contributed by atoms with Crippen molar-refractivity contribution in [3.8, 4) is 11.4 Å². The topological polar surface area (TPSA) is 101 Å². The van der Waals surface area contributed by atoms with E-state index in [2.05, 4.69) is 24.8 Å². The summed E-state index contributed by atoms with van der Waals surface area (Å²) in [6.07, 6.45) is 8.89. The molecular formula is C23H22N6O2S. The van der Waals surface area contributed by atoms with Gasteiger partial charge in [-0.1, -0.05) is 0 Å². The monoisotopic (exact) mass is 446 g/mol. The Balaban J connectivity index is 1.27. The Morgan fingerprint density at radius 1 is 1.12 bits per heavy atom. The minimum Gasteiger partial charge on any atom is -0.453 e. The zero-order chi connectivity index (χ0) is 21.8. The molecule has 1 N–H and O–H groups in total.